The molecule has 2 rings (SSSR count). The van der Waals surface area contributed by atoms with E-state index in [1.165, 1.54) is 5.56 Å². The largest absolute Gasteiger partial charge is 0.494 e. The number of aliphatic imine (C=N–C) groups is 1. The molecule has 1 aliphatic heterocycles. The predicted molar refractivity (Wildman–Crippen MR) is 112 cm³/mol. The van der Waals surface area contributed by atoms with Gasteiger partial charge in [-0.15, -0.1) is 0 Å². The Morgan fingerprint density at radius 1 is 1.15 bits per heavy atom. The minimum absolute atomic E-state index is 0.796. The van der Waals surface area contributed by atoms with Gasteiger partial charge >= 0.3 is 0 Å². The quantitative estimate of drug-likeness (QED) is 0.353. The van der Waals surface area contributed by atoms with Crippen molar-refractivity contribution in [3.8, 4) is 5.75 Å². The maximum Gasteiger partial charge on any atom is 0.191 e. The van der Waals surface area contributed by atoms with E-state index in [9.17, 15) is 0 Å². The number of guanidine groups is 1. The van der Waals surface area contributed by atoms with Gasteiger partial charge in [-0.05, 0) is 37.5 Å². The van der Waals surface area contributed by atoms with Crippen LogP contribution in [0.1, 0.15) is 32.3 Å². The molecule has 27 heavy (non-hydrogen) atoms. The molecule has 1 heterocycles. The minimum Gasteiger partial charge on any atom is -0.494 e. The third kappa shape index (κ3) is 9.11. The van der Waals surface area contributed by atoms with E-state index in [-0.39, 0.29) is 0 Å². The lowest BCUT2D eigenvalue weighted by Gasteiger charge is -2.25. The van der Waals surface area contributed by atoms with Crippen molar-refractivity contribution in [2.24, 2.45) is 4.99 Å². The molecule has 1 fully saturated rings. The maximum absolute atomic E-state index is 5.71. The maximum atomic E-state index is 5.71. The molecule has 0 saturated carbocycles. The van der Waals surface area contributed by atoms with Crippen LogP contribution < -0.4 is 15.4 Å². The fourth-order valence-corrected chi connectivity index (χ4v) is 2.88. The van der Waals surface area contributed by atoms with Crippen LogP contribution in [-0.2, 0) is 11.2 Å². The smallest absolute Gasteiger partial charge is 0.191 e. The lowest BCUT2D eigenvalue weighted by molar-refractivity contribution is 0.0394. The van der Waals surface area contributed by atoms with E-state index < -0.39 is 0 Å². The highest BCUT2D eigenvalue weighted by Crippen LogP contribution is 2.12. The number of hydrogen-bond donors (Lipinski definition) is 2. The van der Waals surface area contributed by atoms with Gasteiger partial charge in [-0.25, -0.2) is 0 Å². The molecular formula is C21H36N4O2. The second-order valence-electron chi connectivity index (χ2n) is 6.74. The first kappa shape index (κ1) is 21.5. The van der Waals surface area contributed by atoms with Gasteiger partial charge in [0, 0.05) is 32.7 Å². The summed E-state index contributed by atoms with van der Waals surface area (Å²) in [6, 6.07) is 8.41. The molecule has 0 radical (unpaired) electrons. The minimum atomic E-state index is 0.796. The lowest BCUT2D eigenvalue weighted by atomic mass is 10.1. The number of benzene rings is 1. The third-order valence-corrected chi connectivity index (χ3v) is 4.53. The molecule has 0 aliphatic carbocycles. The molecule has 1 saturated heterocycles. The van der Waals surface area contributed by atoms with E-state index in [1.54, 1.807) is 0 Å². The number of nitrogens with one attached hydrogen (secondary N) is 2. The van der Waals surface area contributed by atoms with E-state index >= 15 is 0 Å². The molecule has 0 atom stereocenters. The van der Waals surface area contributed by atoms with Gasteiger partial charge < -0.3 is 20.1 Å². The highest BCUT2D eigenvalue weighted by molar-refractivity contribution is 5.79. The molecule has 152 valence electrons. The normalized spacial score (nSPS) is 15.6. The fourth-order valence-electron chi connectivity index (χ4n) is 2.88. The van der Waals surface area contributed by atoms with Gasteiger partial charge in [-0.3, -0.25) is 9.89 Å². The summed E-state index contributed by atoms with van der Waals surface area (Å²) in [4.78, 5) is 7.09. The van der Waals surface area contributed by atoms with E-state index in [0.717, 1.165) is 90.1 Å². The highest BCUT2D eigenvalue weighted by Gasteiger charge is 2.09. The van der Waals surface area contributed by atoms with Crippen molar-refractivity contribution >= 4 is 5.96 Å². The van der Waals surface area contributed by atoms with Crippen LogP contribution in [0.5, 0.6) is 5.75 Å². The van der Waals surface area contributed by atoms with Crippen LogP contribution in [0, 0.1) is 0 Å². The monoisotopic (exact) mass is 376 g/mol. The number of nitrogens with zero attached hydrogens (tertiary/aromatic N) is 2. The molecule has 1 aliphatic rings. The van der Waals surface area contributed by atoms with Gasteiger partial charge in [0.15, 0.2) is 5.96 Å². The predicted octanol–water partition coefficient (Wildman–Crippen LogP) is 2.30. The molecule has 0 amide bonds. The van der Waals surface area contributed by atoms with Crippen molar-refractivity contribution in [2.45, 2.75) is 33.1 Å². The van der Waals surface area contributed by atoms with Crippen LogP contribution in [0.15, 0.2) is 29.3 Å². The Labute approximate surface area is 164 Å². The lowest BCUT2D eigenvalue weighted by Crippen LogP contribution is -2.40. The van der Waals surface area contributed by atoms with Gasteiger partial charge in [0.1, 0.15) is 5.75 Å². The van der Waals surface area contributed by atoms with E-state index in [0.29, 0.717) is 0 Å². The Balaban J connectivity index is 1.68. The number of ether oxygens (including phenoxy) is 2. The van der Waals surface area contributed by atoms with Crippen LogP contribution in [-0.4, -0.2) is 69.9 Å². The standard InChI is InChI=1S/C21H36N4O2/c1-3-5-16-27-20-8-6-19(7-9-20)10-11-23-21(22-4-2)24-12-13-25-14-17-26-18-15-25/h6-9H,3-5,10-18H2,1-2H3,(H2,22,23,24). The summed E-state index contributed by atoms with van der Waals surface area (Å²) in [5.41, 5.74) is 1.30. The molecule has 0 bridgehead atoms. The van der Waals surface area contributed by atoms with Crippen molar-refractivity contribution in [1.82, 2.24) is 15.5 Å². The summed E-state index contributed by atoms with van der Waals surface area (Å²) < 4.78 is 11.1. The molecular weight excluding hydrogens is 340 g/mol. The van der Waals surface area contributed by atoms with Gasteiger partial charge in [0.25, 0.3) is 0 Å². The van der Waals surface area contributed by atoms with Gasteiger partial charge in [-0.2, -0.15) is 0 Å². The highest BCUT2D eigenvalue weighted by atomic mass is 16.5. The van der Waals surface area contributed by atoms with Crippen molar-refractivity contribution in [3.63, 3.8) is 0 Å². The van der Waals surface area contributed by atoms with Crippen molar-refractivity contribution in [3.05, 3.63) is 29.8 Å². The Morgan fingerprint density at radius 3 is 2.63 bits per heavy atom. The SMILES string of the molecule is CCCCOc1ccc(CCNC(=NCCN2CCOCC2)NCC)cc1. The van der Waals surface area contributed by atoms with Crippen LogP contribution in [0.25, 0.3) is 0 Å². The zero-order chi connectivity index (χ0) is 19.2. The molecule has 1 aromatic carbocycles. The van der Waals surface area contributed by atoms with Crippen LogP contribution >= 0.6 is 0 Å². The number of rotatable bonds is 11. The van der Waals surface area contributed by atoms with Crippen LogP contribution in [0.4, 0.5) is 0 Å². The molecule has 0 spiro atoms. The Bertz CT molecular complexity index is 527. The van der Waals surface area contributed by atoms with Crippen molar-refractivity contribution < 1.29 is 9.47 Å². The molecule has 2 N–H and O–H groups in total. The molecule has 0 unspecified atom stereocenters. The third-order valence-electron chi connectivity index (χ3n) is 4.53. The topological polar surface area (TPSA) is 58.1 Å². The second-order valence-corrected chi connectivity index (χ2v) is 6.74. The number of hydrogen-bond acceptors (Lipinski definition) is 4. The first-order valence-corrected chi connectivity index (χ1v) is 10.4. The molecule has 6 nitrogen and oxygen atoms in total. The zero-order valence-corrected chi connectivity index (χ0v) is 17.0. The van der Waals surface area contributed by atoms with Gasteiger partial charge in [0.2, 0.25) is 0 Å². The Morgan fingerprint density at radius 2 is 1.93 bits per heavy atom. The van der Waals surface area contributed by atoms with Crippen LogP contribution in [0.2, 0.25) is 0 Å². The average molecular weight is 377 g/mol. The molecule has 1 aromatic rings. The summed E-state index contributed by atoms with van der Waals surface area (Å²) in [5.74, 6) is 1.85. The summed E-state index contributed by atoms with van der Waals surface area (Å²) in [7, 11) is 0. The van der Waals surface area contributed by atoms with E-state index in [1.807, 2.05) is 0 Å². The summed E-state index contributed by atoms with van der Waals surface area (Å²) in [5, 5.41) is 6.75. The second kappa shape index (κ2) is 13.4. The van der Waals surface area contributed by atoms with E-state index in [2.05, 4.69) is 58.6 Å². The average Bonchev–Trinajstić information content (AvgIpc) is 2.70. The molecule has 0 aromatic heterocycles. The van der Waals surface area contributed by atoms with E-state index in [4.69, 9.17) is 9.47 Å². The first-order valence-electron chi connectivity index (χ1n) is 10.4. The van der Waals surface area contributed by atoms with Gasteiger partial charge in [-0.1, -0.05) is 25.5 Å². The molecule has 6 heteroatoms. The zero-order valence-electron chi connectivity index (χ0n) is 17.0. The van der Waals surface area contributed by atoms with Crippen LogP contribution in [0.3, 0.4) is 0 Å². The Hall–Kier alpha value is -1.79. The number of unbranched alkanes of at least 4 members (excludes halogenated alkanes) is 1. The fraction of sp³-hybridized carbons (Fsp3) is 0.667. The Kier molecular flexibility index (Phi) is 10.7. The van der Waals surface area contributed by atoms with Crippen molar-refractivity contribution in [1.29, 1.82) is 0 Å². The number of morpholine rings is 1. The van der Waals surface area contributed by atoms with Crippen molar-refractivity contribution in [2.75, 3.05) is 59.1 Å². The summed E-state index contributed by atoms with van der Waals surface area (Å²) in [6.45, 7) is 12.3. The summed E-state index contributed by atoms with van der Waals surface area (Å²) in [6.07, 6.45) is 3.22. The summed E-state index contributed by atoms with van der Waals surface area (Å²) >= 11 is 0. The first-order chi connectivity index (χ1) is 13.3. The van der Waals surface area contributed by atoms with Gasteiger partial charge in [0.05, 0.1) is 26.4 Å².